The average Bonchev–Trinajstić information content (AvgIpc) is 2.50. The molecule has 1 N–H and O–H groups in total. The smallest absolute Gasteiger partial charge is 0.247 e. The van der Waals surface area contributed by atoms with Crippen molar-refractivity contribution < 1.29 is 13.2 Å². The maximum atomic E-state index is 12.7. The third kappa shape index (κ3) is 4.40. The van der Waals surface area contributed by atoms with Gasteiger partial charge in [0, 0.05) is 11.5 Å². The van der Waals surface area contributed by atoms with Crippen molar-refractivity contribution >= 4 is 37.5 Å². The van der Waals surface area contributed by atoms with Crippen molar-refractivity contribution in [3.63, 3.8) is 0 Å². The van der Waals surface area contributed by atoms with E-state index in [1.807, 2.05) is 12.1 Å². The van der Waals surface area contributed by atoms with Crippen LogP contribution in [0.3, 0.4) is 0 Å². The number of nitrogens with zero attached hydrogens (tertiary/aromatic N) is 1. The summed E-state index contributed by atoms with van der Waals surface area (Å²) in [5, 5.41) is 2.77. The minimum absolute atomic E-state index is 0.420. The molecule has 2 aromatic rings. The van der Waals surface area contributed by atoms with Crippen LogP contribution >= 0.6 is 15.9 Å². The standard InChI is InChI=1S/C16H17BrN2O3S/c1-19(23(2,21)22)15(12-8-4-3-5-9-12)16(20)18-14-11-7-6-10-13(14)17/h3-11,15H,1-2H3,(H,18,20)/t15-/m1/s1. The minimum Gasteiger partial charge on any atom is -0.323 e. The van der Waals surface area contributed by atoms with Crippen molar-refractivity contribution in [3.05, 3.63) is 64.6 Å². The SMILES string of the molecule is CN([C@@H](C(=O)Nc1ccccc1Br)c1ccccc1)S(C)(=O)=O. The summed E-state index contributed by atoms with van der Waals surface area (Å²) >= 11 is 3.36. The first-order chi connectivity index (χ1) is 10.8. The zero-order valence-electron chi connectivity index (χ0n) is 12.7. The van der Waals surface area contributed by atoms with Crippen LogP contribution in [0.4, 0.5) is 5.69 Å². The Bertz CT molecular complexity index is 794. The second kappa shape index (κ2) is 7.25. The molecule has 0 aliphatic rings. The Kier molecular flexibility index (Phi) is 5.56. The van der Waals surface area contributed by atoms with Crippen LogP contribution in [0.2, 0.25) is 0 Å². The molecule has 0 unspecified atom stereocenters. The summed E-state index contributed by atoms with van der Waals surface area (Å²) in [6.45, 7) is 0. The maximum Gasteiger partial charge on any atom is 0.247 e. The molecule has 2 aromatic carbocycles. The van der Waals surface area contributed by atoms with E-state index in [2.05, 4.69) is 21.2 Å². The van der Waals surface area contributed by atoms with Gasteiger partial charge in [0.05, 0.1) is 11.9 Å². The first kappa shape index (κ1) is 17.7. The largest absolute Gasteiger partial charge is 0.323 e. The number of benzene rings is 2. The number of para-hydroxylation sites is 1. The third-order valence-corrected chi connectivity index (χ3v) is 5.33. The van der Waals surface area contributed by atoms with Crippen LogP contribution in [-0.4, -0.2) is 31.9 Å². The lowest BCUT2D eigenvalue weighted by Crippen LogP contribution is -2.38. The highest BCUT2D eigenvalue weighted by Gasteiger charge is 2.30. The van der Waals surface area contributed by atoms with Gasteiger partial charge in [0.25, 0.3) is 0 Å². The van der Waals surface area contributed by atoms with E-state index < -0.39 is 22.0 Å². The van der Waals surface area contributed by atoms with Crippen molar-refractivity contribution in [1.82, 2.24) is 4.31 Å². The number of hydrogen-bond acceptors (Lipinski definition) is 3. The molecule has 1 amide bonds. The van der Waals surface area contributed by atoms with Gasteiger partial charge in [-0.2, -0.15) is 4.31 Å². The highest BCUT2D eigenvalue weighted by molar-refractivity contribution is 9.10. The van der Waals surface area contributed by atoms with Crippen molar-refractivity contribution in [2.45, 2.75) is 6.04 Å². The summed E-state index contributed by atoms with van der Waals surface area (Å²) in [4.78, 5) is 12.7. The van der Waals surface area contributed by atoms with Crippen molar-refractivity contribution in [1.29, 1.82) is 0 Å². The van der Waals surface area contributed by atoms with Gasteiger partial charge < -0.3 is 5.32 Å². The highest BCUT2D eigenvalue weighted by atomic mass is 79.9. The van der Waals surface area contributed by atoms with Gasteiger partial charge in [0.15, 0.2) is 0 Å². The molecule has 0 spiro atoms. The fraction of sp³-hybridized carbons (Fsp3) is 0.188. The lowest BCUT2D eigenvalue weighted by Gasteiger charge is -2.25. The van der Waals surface area contributed by atoms with Crippen molar-refractivity contribution in [2.75, 3.05) is 18.6 Å². The molecule has 0 bridgehead atoms. The summed E-state index contributed by atoms with van der Waals surface area (Å²) in [5.74, 6) is -0.420. The summed E-state index contributed by atoms with van der Waals surface area (Å²) in [5.41, 5.74) is 1.19. The Morgan fingerprint density at radius 3 is 2.22 bits per heavy atom. The zero-order chi connectivity index (χ0) is 17.0. The third-order valence-electron chi connectivity index (χ3n) is 3.38. The number of anilines is 1. The van der Waals surface area contributed by atoms with Crippen LogP contribution in [-0.2, 0) is 14.8 Å². The monoisotopic (exact) mass is 396 g/mol. The van der Waals surface area contributed by atoms with E-state index in [9.17, 15) is 13.2 Å². The zero-order valence-corrected chi connectivity index (χ0v) is 15.1. The van der Waals surface area contributed by atoms with E-state index in [1.165, 1.54) is 7.05 Å². The Balaban J connectivity index is 2.38. The van der Waals surface area contributed by atoms with E-state index in [0.717, 1.165) is 15.0 Å². The molecule has 7 heteroatoms. The van der Waals surface area contributed by atoms with Crippen molar-refractivity contribution in [3.8, 4) is 0 Å². The number of carbonyl (C=O) groups excluding carboxylic acids is 1. The molecule has 122 valence electrons. The normalized spacial score (nSPS) is 12.9. The van der Waals surface area contributed by atoms with E-state index in [-0.39, 0.29) is 0 Å². The molecule has 0 saturated heterocycles. The summed E-state index contributed by atoms with van der Waals surface area (Å²) in [6.07, 6.45) is 1.08. The predicted octanol–water partition coefficient (Wildman–Crippen LogP) is 3.02. The molecule has 0 aromatic heterocycles. The topological polar surface area (TPSA) is 66.5 Å². The summed E-state index contributed by atoms with van der Waals surface area (Å²) in [7, 11) is -2.14. The minimum atomic E-state index is -3.54. The molecular formula is C16H17BrN2O3S. The van der Waals surface area contributed by atoms with Gasteiger partial charge in [-0.3, -0.25) is 4.79 Å². The molecule has 0 aliphatic heterocycles. The summed E-state index contributed by atoms with van der Waals surface area (Å²) in [6, 6.07) is 15.0. The van der Waals surface area contributed by atoms with Gasteiger partial charge in [-0.15, -0.1) is 0 Å². The van der Waals surface area contributed by atoms with Gasteiger partial charge in [0.2, 0.25) is 15.9 Å². The second-order valence-corrected chi connectivity index (χ2v) is 7.96. The average molecular weight is 397 g/mol. The number of hydrogen-bond donors (Lipinski definition) is 1. The van der Waals surface area contributed by atoms with Gasteiger partial charge in [-0.25, -0.2) is 8.42 Å². The number of sulfonamides is 1. The lowest BCUT2D eigenvalue weighted by molar-refractivity contribution is -0.119. The molecule has 1 atom stereocenters. The molecule has 0 heterocycles. The molecule has 23 heavy (non-hydrogen) atoms. The number of likely N-dealkylation sites (N-methyl/N-ethyl adjacent to an activating group) is 1. The molecule has 2 rings (SSSR count). The first-order valence-corrected chi connectivity index (χ1v) is 9.48. The Morgan fingerprint density at radius 2 is 1.65 bits per heavy atom. The van der Waals surface area contributed by atoms with Crippen LogP contribution in [0.15, 0.2) is 59.1 Å². The molecule has 5 nitrogen and oxygen atoms in total. The number of carbonyl (C=O) groups is 1. The van der Waals surface area contributed by atoms with Crippen LogP contribution in [0.25, 0.3) is 0 Å². The van der Waals surface area contributed by atoms with Crippen LogP contribution in [0.1, 0.15) is 11.6 Å². The van der Waals surface area contributed by atoms with Crippen LogP contribution in [0, 0.1) is 0 Å². The first-order valence-electron chi connectivity index (χ1n) is 6.84. The molecular weight excluding hydrogens is 380 g/mol. The van der Waals surface area contributed by atoms with E-state index in [1.54, 1.807) is 42.5 Å². The van der Waals surface area contributed by atoms with Gasteiger partial charge in [-0.1, -0.05) is 42.5 Å². The fourth-order valence-electron chi connectivity index (χ4n) is 2.12. The molecule has 0 radical (unpaired) electrons. The fourth-order valence-corrected chi connectivity index (χ4v) is 3.10. The molecule has 0 fully saturated rings. The van der Waals surface area contributed by atoms with Crippen LogP contribution in [0.5, 0.6) is 0 Å². The number of halogens is 1. The van der Waals surface area contributed by atoms with Gasteiger partial charge in [-0.05, 0) is 33.6 Å². The van der Waals surface area contributed by atoms with E-state index in [0.29, 0.717) is 11.3 Å². The van der Waals surface area contributed by atoms with Crippen LogP contribution < -0.4 is 5.32 Å². The Labute approximate surface area is 144 Å². The van der Waals surface area contributed by atoms with Crippen molar-refractivity contribution in [2.24, 2.45) is 0 Å². The lowest BCUT2D eigenvalue weighted by atomic mass is 10.1. The maximum absolute atomic E-state index is 12.7. The Hall–Kier alpha value is -1.70. The molecule has 0 aliphatic carbocycles. The Morgan fingerprint density at radius 1 is 1.09 bits per heavy atom. The number of amides is 1. The number of nitrogens with one attached hydrogen (secondary N) is 1. The predicted molar refractivity (Wildman–Crippen MR) is 94.6 cm³/mol. The van der Waals surface area contributed by atoms with E-state index in [4.69, 9.17) is 0 Å². The van der Waals surface area contributed by atoms with E-state index >= 15 is 0 Å². The van der Waals surface area contributed by atoms with Gasteiger partial charge >= 0.3 is 0 Å². The second-order valence-electron chi connectivity index (χ2n) is 5.06. The molecule has 0 saturated carbocycles. The summed E-state index contributed by atoms with van der Waals surface area (Å²) < 4.78 is 25.6. The number of rotatable bonds is 5. The highest BCUT2D eigenvalue weighted by Crippen LogP contribution is 2.26. The quantitative estimate of drug-likeness (QED) is 0.844. The van der Waals surface area contributed by atoms with Gasteiger partial charge in [0.1, 0.15) is 6.04 Å².